The third kappa shape index (κ3) is 2.29. The van der Waals surface area contributed by atoms with Crippen molar-refractivity contribution >= 4 is 44.2 Å². The molecule has 1 saturated heterocycles. The zero-order valence-electron chi connectivity index (χ0n) is 10.7. The average molecular weight is 333 g/mol. The molecular formula is C15H13BrN2O2. The molecule has 1 fully saturated rings. The third-order valence-electron chi connectivity index (χ3n) is 3.44. The number of halogens is 1. The summed E-state index contributed by atoms with van der Waals surface area (Å²) in [5, 5.41) is 4.68. The van der Waals surface area contributed by atoms with Crippen LogP contribution in [-0.4, -0.2) is 24.9 Å². The van der Waals surface area contributed by atoms with Crippen molar-refractivity contribution in [1.29, 1.82) is 0 Å². The number of hydrogen-bond donors (Lipinski definition) is 1. The molecule has 2 aromatic rings. The minimum Gasteiger partial charge on any atom is -0.347 e. The highest BCUT2D eigenvalue weighted by Crippen LogP contribution is 2.32. The SMILES string of the molecule is O=C1CCN(c2ccc(Br)c3ccccc23)C(=O)CN1. The lowest BCUT2D eigenvalue weighted by Gasteiger charge is -2.22. The van der Waals surface area contributed by atoms with Crippen molar-refractivity contribution in [3.63, 3.8) is 0 Å². The summed E-state index contributed by atoms with van der Waals surface area (Å²) in [5.41, 5.74) is 0.852. The number of nitrogens with one attached hydrogen (secondary N) is 1. The first-order chi connectivity index (χ1) is 9.66. The minimum atomic E-state index is -0.0812. The maximum absolute atomic E-state index is 12.2. The predicted molar refractivity (Wildman–Crippen MR) is 81.6 cm³/mol. The van der Waals surface area contributed by atoms with Crippen LogP contribution in [0, 0.1) is 0 Å². The van der Waals surface area contributed by atoms with Gasteiger partial charge < -0.3 is 10.2 Å². The Kier molecular flexibility index (Phi) is 3.44. The highest BCUT2D eigenvalue weighted by Gasteiger charge is 2.22. The maximum atomic E-state index is 12.2. The molecule has 0 spiro atoms. The van der Waals surface area contributed by atoms with Gasteiger partial charge in [0.1, 0.15) is 0 Å². The number of rotatable bonds is 1. The zero-order chi connectivity index (χ0) is 14.1. The number of benzene rings is 2. The van der Waals surface area contributed by atoms with Gasteiger partial charge >= 0.3 is 0 Å². The van der Waals surface area contributed by atoms with Gasteiger partial charge in [-0.3, -0.25) is 9.59 Å². The minimum absolute atomic E-state index is 0.0588. The van der Waals surface area contributed by atoms with Gasteiger partial charge in [0.05, 0.1) is 12.2 Å². The van der Waals surface area contributed by atoms with Crippen LogP contribution in [0.3, 0.4) is 0 Å². The lowest BCUT2D eigenvalue weighted by atomic mass is 10.1. The second-order valence-corrected chi connectivity index (χ2v) is 5.54. The summed E-state index contributed by atoms with van der Waals surface area (Å²) in [7, 11) is 0. The van der Waals surface area contributed by atoms with Crippen molar-refractivity contribution in [2.75, 3.05) is 18.0 Å². The lowest BCUT2D eigenvalue weighted by molar-refractivity contribution is -0.123. The van der Waals surface area contributed by atoms with Gasteiger partial charge in [-0.1, -0.05) is 40.2 Å². The van der Waals surface area contributed by atoms with Crippen LogP contribution in [0.15, 0.2) is 40.9 Å². The van der Waals surface area contributed by atoms with E-state index >= 15 is 0 Å². The molecule has 2 amide bonds. The van der Waals surface area contributed by atoms with E-state index in [2.05, 4.69) is 21.2 Å². The first-order valence-corrected chi connectivity index (χ1v) is 7.20. The van der Waals surface area contributed by atoms with E-state index in [9.17, 15) is 9.59 Å². The molecule has 1 heterocycles. The molecule has 0 saturated carbocycles. The standard InChI is InChI=1S/C15H13BrN2O2/c16-12-5-6-13(11-4-2-1-3-10(11)12)18-8-7-14(19)17-9-15(18)20/h1-6H,7-9H2,(H,17,19). The lowest BCUT2D eigenvalue weighted by Crippen LogP contribution is -2.35. The molecule has 1 aliphatic rings. The number of carbonyl (C=O) groups is 2. The van der Waals surface area contributed by atoms with Gasteiger partial charge in [-0.2, -0.15) is 0 Å². The first-order valence-electron chi connectivity index (χ1n) is 6.41. The predicted octanol–water partition coefficient (Wildman–Crippen LogP) is 2.46. The molecule has 2 aromatic carbocycles. The van der Waals surface area contributed by atoms with E-state index in [1.807, 2.05) is 36.4 Å². The second-order valence-electron chi connectivity index (χ2n) is 4.68. The topological polar surface area (TPSA) is 49.4 Å². The number of fused-ring (bicyclic) bond motifs is 1. The van der Waals surface area contributed by atoms with Crippen LogP contribution in [0.2, 0.25) is 0 Å². The largest absolute Gasteiger partial charge is 0.347 e. The molecule has 0 atom stereocenters. The van der Waals surface area contributed by atoms with E-state index < -0.39 is 0 Å². The van der Waals surface area contributed by atoms with Crippen molar-refractivity contribution < 1.29 is 9.59 Å². The molecule has 20 heavy (non-hydrogen) atoms. The second kappa shape index (κ2) is 5.25. The molecule has 0 bridgehead atoms. The van der Waals surface area contributed by atoms with Crippen molar-refractivity contribution in [2.24, 2.45) is 0 Å². The smallest absolute Gasteiger partial charge is 0.246 e. The number of carbonyl (C=O) groups excluding carboxylic acids is 2. The van der Waals surface area contributed by atoms with Gasteiger partial charge in [-0.25, -0.2) is 0 Å². The number of nitrogens with zero attached hydrogens (tertiary/aromatic N) is 1. The number of hydrogen-bond acceptors (Lipinski definition) is 2. The van der Waals surface area contributed by atoms with Crippen LogP contribution in [-0.2, 0) is 9.59 Å². The van der Waals surface area contributed by atoms with E-state index in [1.54, 1.807) is 4.90 Å². The van der Waals surface area contributed by atoms with Gasteiger partial charge in [-0.05, 0) is 17.5 Å². The highest BCUT2D eigenvalue weighted by atomic mass is 79.9. The summed E-state index contributed by atoms with van der Waals surface area (Å²) in [4.78, 5) is 25.3. The highest BCUT2D eigenvalue weighted by molar-refractivity contribution is 9.10. The van der Waals surface area contributed by atoms with Gasteiger partial charge in [0, 0.05) is 22.8 Å². The quantitative estimate of drug-likeness (QED) is 0.872. The Balaban J connectivity index is 2.12. The molecular weight excluding hydrogens is 320 g/mol. The van der Waals surface area contributed by atoms with Crippen LogP contribution in [0.4, 0.5) is 5.69 Å². The Hall–Kier alpha value is -1.88. The van der Waals surface area contributed by atoms with Gasteiger partial charge in [0.15, 0.2) is 0 Å². The van der Waals surface area contributed by atoms with E-state index in [0.29, 0.717) is 13.0 Å². The zero-order valence-corrected chi connectivity index (χ0v) is 12.3. The van der Waals surface area contributed by atoms with Crippen LogP contribution in [0.25, 0.3) is 10.8 Å². The van der Waals surface area contributed by atoms with Crippen LogP contribution >= 0.6 is 15.9 Å². The molecule has 0 unspecified atom stereocenters. The fourth-order valence-electron chi connectivity index (χ4n) is 2.43. The summed E-state index contributed by atoms with van der Waals surface area (Å²) in [6, 6.07) is 11.8. The van der Waals surface area contributed by atoms with Crippen LogP contribution in [0.5, 0.6) is 0 Å². The van der Waals surface area contributed by atoms with Crippen molar-refractivity contribution in [1.82, 2.24) is 5.32 Å². The van der Waals surface area contributed by atoms with Crippen molar-refractivity contribution in [3.8, 4) is 0 Å². The monoisotopic (exact) mass is 332 g/mol. The molecule has 4 nitrogen and oxygen atoms in total. The van der Waals surface area contributed by atoms with Crippen molar-refractivity contribution in [3.05, 3.63) is 40.9 Å². The molecule has 1 N–H and O–H groups in total. The Labute approximate surface area is 124 Å². The number of anilines is 1. The Morgan fingerprint density at radius 1 is 1.05 bits per heavy atom. The van der Waals surface area contributed by atoms with E-state index in [1.165, 1.54) is 0 Å². The Bertz CT molecular complexity index is 699. The molecule has 5 heteroatoms. The average Bonchev–Trinajstić information content (AvgIpc) is 2.63. The normalized spacial score (nSPS) is 16.1. The van der Waals surface area contributed by atoms with E-state index in [-0.39, 0.29) is 18.4 Å². The first kappa shape index (κ1) is 13.1. The molecule has 1 aliphatic heterocycles. The van der Waals surface area contributed by atoms with Crippen molar-refractivity contribution in [2.45, 2.75) is 6.42 Å². The Morgan fingerprint density at radius 2 is 1.80 bits per heavy atom. The summed E-state index contributed by atoms with van der Waals surface area (Å²) in [5.74, 6) is -0.161. The number of amides is 2. The molecule has 0 aliphatic carbocycles. The summed E-state index contributed by atoms with van der Waals surface area (Å²) < 4.78 is 0.994. The van der Waals surface area contributed by atoms with Crippen LogP contribution in [0.1, 0.15) is 6.42 Å². The third-order valence-corrected chi connectivity index (χ3v) is 4.13. The van der Waals surface area contributed by atoms with Gasteiger partial charge in [0.2, 0.25) is 11.8 Å². The molecule has 3 rings (SSSR count). The fraction of sp³-hybridized carbons (Fsp3) is 0.200. The molecule has 0 aromatic heterocycles. The molecule has 0 radical (unpaired) electrons. The molecule has 102 valence electrons. The fourth-order valence-corrected chi connectivity index (χ4v) is 2.91. The van der Waals surface area contributed by atoms with E-state index in [4.69, 9.17) is 0 Å². The summed E-state index contributed by atoms with van der Waals surface area (Å²) in [6.45, 7) is 0.472. The van der Waals surface area contributed by atoms with Gasteiger partial charge in [0.25, 0.3) is 0 Å². The summed E-state index contributed by atoms with van der Waals surface area (Å²) >= 11 is 3.53. The van der Waals surface area contributed by atoms with E-state index in [0.717, 1.165) is 20.9 Å². The van der Waals surface area contributed by atoms with Gasteiger partial charge in [-0.15, -0.1) is 0 Å². The Morgan fingerprint density at radius 3 is 2.60 bits per heavy atom. The summed E-state index contributed by atoms with van der Waals surface area (Å²) in [6.07, 6.45) is 0.329. The van der Waals surface area contributed by atoms with Crippen LogP contribution < -0.4 is 10.2 Å². The maximum Gasteiger partial charge on any atom is 0.246 e.